The van der Waals surface area contributed by atoms with E-state index >= 15 is 0 Å². The first-order chi connectivity index (χ1) is 17.6. The first-order valence-electron chi connectivity index (χ1n) is 12.1. The molecule has 1 amide bonds. The monoisotopic (exact) mass is 475 g/mol. The number of nitrogens with one attached hydrogen (secondary N) is 1. The summed E-state index contributed by atoms with van der Waals surface area (Å²) in [6.45, 7) is 5.66. The summed E-state index contributed by atoms with van der Waals surface area (Å²) >= 11 is 0. The van der Waals surface area contributed by atoms with Crippen LogP contribution in [0.5, 0.6) is 0 Å². The number of amides is 1. The number of carbonyl (C=O) groups is 1. The highest BCUT2D eigenvalue weighted by Gasteiger charge is 2.19. The third-order valence-electron chi connectivity index (χ3n) is 6.41. The number of aryl methyl sites for hydroxylation is 1. The third-order valence-corrected chi connectivity index (χ3v) is 6.41. The smallest absolute Gasteiger partial charge is 0.255 e. The van der Waals surface area contributed by atoms with Crippen molar-refractivity contribution in [2.24, 2.45) is 0 Å². The predicted molar refractivity (Wildman–Crippen MR) is 142 cm³/mol. The molecule has 0 saturated heterocycles. The van der Waals surface area contributed by atoms with Crippen LogP contribution >= 0.6 is 0 Å². The van der Waals surface area contributed by atoms with Gasteiger partial charge in [-0.1, -0.05) is 78.9 Å². The van der Waals surface area contributed by atoms with Crippen LogP contribution in [-0.2, 0) is 19.6 Å². The molecular weight excluding hydrogens is 446 g/mol. The van der Waals surface area contributed by atoms with Gasteiger partial charge in [0.15, 0.2) is 0 Å². The van der Waals surface area contributed by atoms with Crippen molar-refractivity contribution in [3.05, 3.63) is 131 Å². The topological polar surface area (TPSA) is 64.7 Å². The van der Waals surface area contributed by atoms with E-state index in [2.05, 4.69) is 64.0 Å². The lowest BCUT2D eigenvalue weighted by Crippen LogP contribution is -2.24. The van der Waals surface area contributed by atoms with Gasteiger partial charge in [-0.15, -0.1) is 0 Å². The highest BCUT2D eigenvalue weighted by atomic mass is 16.1. The summed E-state index contributed by atoms with van der Waals surface area (Å²) in [6.07, 6.45) is 3.75. The van der Waals surface area contributed by atoms with Gasteiger partial charge in [0.1, 0.15) is 0 Å². The van der Waals surface area contributed by atoms with E-state index in [9.17, 15) is 4.79 Å². The number of benzene rings is 3. The van der Waals surface area contributed by atoms with Crippen molar-refractivity contribution in [1.29, 1.82) is 0 Å². The van der Waals surface area contributed by atoms with Crippen molar-refractivity contribution < 1.29 is 4.79 Å². The average molecular weight is 476 g/mol. The Labute approximate surface area is 211 Å². The van der Waals surface area contributed by atoms with E-state index < -0.39 is 0 Å². The fourth-order valence-corrected chi connectivity index (χ4v) is 4.53. The molecule has 180 valence electrons. The van der Waals surface area contributed by atoms with Crippen LogP contribution in [-0.4, -0.2) is 25.5 Å². The van der Waals surface area contributed by atoms with Gasteiger partial charge < -0.3 is 5.32 Å². The second-order valence-electron chi connectivity index (χ2n) is 8.93. The average Bonchev–Trinajstić information content (AvgIpc) is 3.51. The molecule has 0 atom stereocenters. The van der Waals surface area contributed by atoms with Crippen LogP contribution in [0.1, 0.15) is 38.4 Å². The van der Waals surface area contributed by atoms with Crippen molar-refractivity contribution in [1.82, 2.24) is 24.9 Å². The molecule has 0 bridgehead atoms. The molecule has 1 N–H and O–H groups in total. The molecule has 6 nitrogen and oxygen atoms in total. The SMILES string of the molecule is Cc1nn(Cc2ccccc2)c(C)c1C(=O)NCc1ccccc1-c1ccc(Cn2cccn2)cc1. The molecule has 0 radical (unpaired) electrons. The number of nitrogens with zero attached hydrogens (tertiary/aromatic N) is 4. The lowest BCUT2D eigenvalue weighted by Gasteiger charge is -2.12. The van der Waals surface area contributed by atoms with Gasteiger partial charge in [0.25, 0.3) is 5.91 Å². The number of hydrogen-bond donors (Lipinski definition) is 1. The van der Waals surface area contributed by atoms with Gasteiger partial charge in [-0.05, 0) is 47.7 Å². The Bertz CT molecular complexity index is 1450. The molecule has 5 aromatic rings. The summed E-state index contributed by atoms with van der Waals surface area (Å²) in [4.78, 5) is 13.2. The van der Waals surface area contributed by atoms with E-state index in [1.54, 1.807) is 6.20 Å². The summed E-state index contributed by atoms with van der Waals surface area (Å²) < 4.78 is 3.81. The van der Waals surface area contributed by atoms with Gasteiger partial charge >= 0.3 is 0 Å². The zero-order chi connectivity index (χ0) is 24.9. The lowest BCUT2D eigenvalue weighted by atomic mass is 9.98. The van der Waals surface area contributed by atoms with Gasteiger partial charge in [-0.2, -0.15) is 10.2 Å². The van der Waals surface area contributed by atoms with Crippen LogP contribution in [0.4, 0.5) is 0 Å². The minimum atomic E-state index is -0.103. The van der Waals surface area contributed by atoms with Crippen LogP contribution in [0.3, 0.4) is 0 Å². The zero-order valence-corrected chi connectivity index (χ0v) is 20.6. The number of hydrogen-bond acceptors (Lipinski definition) is 3. The van der Waals surface area contributed by atoms with Gasteiger partial charge in [0.2, 0.25) is 0 Å². The number of carbonyl (C=O) groups excluding carboxylic acids is 1. The van der Waals surface area contributed by atoms with Crippen LogP contribution in [0.15, 0.2) is 97.3 Å². The Morgan fingerprint density at radius 2 is 1.56 bits per heavy atom. The summed E-state index contributed by atoms with van der Waals surface area (Å²) in [5, 5.41) is 12.0. The molecule has 2 heterocycles. The predicted octanol–water partition coefficient (Wildman–Crippen LogP) is 5.39. The molecule has 5 rings (SSSR count). The Balaban J connectivity index is 1.29. The van der Waals surface area contributed by atoms with E-state index in [1.165, 1.54) is 5.56 Å². The summed E-state index contributed by atoms with van der Waals surface area (Å²) in [7, 11) is 0. The summed E-state index contributed by atoms with van der Waals surface area (Å²) in [5.74, 6) is -0.103. The minimum Gasteiger partial charge on any atom is -0.348 e. The van der Waals surface area contributed by atoms with Crippen LogP contribution in [0.25, 0.3) is 11.1 Å². The fourth-order valence-electron chi connectivity index (χ4n) is 4.53. The normalized spacial score (nSPS) is 10.9. The highest BCUT2D eigenvalue weighted by Crippen LogP contribution is 2.25. The maximum Gasteiger partial charge on any atom is 0.255 e. The third kappa shape index (κ3) is 5.13. The van der Waals surface area contributed by atoms with Crippen molar-refractivity contribution in [3.8, 4) is 11.1 Å². The largest absolute Gasteiger partial charge is 0.348 e. The van der Waals surface area contributed by atoms with E-state index in [4.69, 9.17) is 0 Å². The molecule has 0 saturated carbocycles. The first-order valence-corrected chi connectivity index (χ1v) is 12.1. The Kier molecular flexibility index (Phi) is 6.76. The highest BCUT2D eigenvalue weighted by molar-refractivity contribution is 5.96. The minimum absolute atomic E-state index is 0.103. The van der Waals surface area contributed by atoms with E-state index in [0.717, 1.165) is 40.2 Å². The molecule has 3 aromatic carbocycles. The first kappa shape index (κ1) is 23.3. The van der Waals surface area contributed by atoms with E-state index in [-0.39, 0.29) is 5.91 Å². The van der Waals surface area contributed by atoms with Gasteiger partial charge in [0.05, 0.1) is 24.3 Å². The van der Waals surface area contributed by atoms with Crippen LogP contribution in [0, 0.1) is 13.8 Å². The second-order valence-corrected chi connectivity index (χ2v) is 8.93. The van der Waals surface area contributed by atoms with Crippen LogP contribution < -0.4 is 5.32 Å². The molecule has 0 fully saturated rings. The molecular formula is C30H29N5O. The Hall–Kier alpha value is -4.45. The quantitative estimate of drug-likeness (QED) is 0.327. The molecule has 6 heteroatoms. The molecule has 0 aliphatic carbocycles. The van der Waals surface area contributed by atoms with Gasteiger partial charge in [0, 0.05) is 24.6 Å². The second kappa shape index (κ2) is 10.4. The fraction of sp³-hybridized carbons (Fsp3) is 0.167. The molecule has 2 aromatic heterocycles. The Morgan fingerprint density at radius 3 is 2.31 bits per heavy atom. The van der Waals surface area contributed by atoms with E-state index in [0.29, 0.717) is 18.7 Å². The molecule has 36 heavy (non-hydrogen) atoms. The van der Waals surface area contributed by atoms with Crippen molar-refractivity contribution >= 4 is 5.91 Å². The van der Waals surface area contributed by atoms with Crippen molar-refractivity contribution in [2.75, 3.05) is 0 Å². The van der Waals surface area contributed by atoms with Crippen LogP contribution in [0.2, 0.25) is 0 Å². The molecule has 0 unspecified atom stereocenters. The lowest BCUT2D eigenvalue weighted by molar-refractivity contribution is 0.0949. The van der Waals surface area contributed by atoms with Crippen molar-refractivity contribution in [2.45, 2.75) is 33.5 Å². The maximum atomic E-state index is 13.2. The molecule has 0 aliphatic heterocycles. The zero-order valence-electron chi connectivity index (χ0n) is 20.6. The Morgan fingerprint density at radius 1 is 0.833 bits per heavy atom. The standard InChI is InChI=1S/C30H29N5O/c1-22-29(23(2)35(33-22)21-24-9-4-3-5-10-24)30(36)31-19-27-11-6-7-12-28(27)26-15-13-25(14-16-26)20-34-18-8-17-32-34/h3-18H,19-21H2,1-2H3,(H,31,36). The maximum absolute atomic E-state index is 13.2. The van der Waals surface area contributed by atoms with E-state index in [1.807, 2.05) is 65.8 Å². The summed E-state index contributed by atoms with van der Waals surface area (Å²) in [5.41, 5.74) is 7.89. The van der Waals surface area contributed by atoms with Gasteiger partial charge in [-0.25, -0.2) is 0 Å². The number of aromatic nitrogens is 4. The molecule has 0 aliphatic rings. The summed E-state index contributed by atoms with van der Waals surface area (Å²) in [6, 6.07) is 28.8. The number of rotatable bonds is 8. The van der Waals surface area contributed by atoms with Gasteiger partial charge in [-0.3, -0.25) is 14.2 Å². The van der Waals surface area contributed by atoms with Crippen molar-refractivity contribution in [3.63, 3.8) is 0 Å². The molecule has 0 spiro atoms.